The molecule has 1 heterocycles. The van der Waals surface area contributed by atoms with E-state index in [9.17, 15) is 4.39 Å². The highest BCUT2D eigenvalue weighted by molar-refractivity contribution is 5.29. The first-order valence-corrected chi connectivity index (χ1v) is 7.24. The molecular formula is C16H20FN3O. The van der Waals surface area contributed by atoms with Crippen molar-refractivity contribution in [1.82, 2.24) is 15.1 Å². The van der Waals surface area contributed by atoms with Gasteiger partial charge in [0.15, 0.2) is 11.6 Å². The molecule has 1 aliphatic rings. The molecule has 112 valence electrons. The van der Waals surface area contributed by atoms with Gasteiger partial charge in [-0.25, -0.2) is 4.39 Å². The monoisotopic (exact) mass is 289 g/mol. The van der Waals surface area contributed by atoms with E-state index in [0.29, 0.717) is 12.6 Å². The van der Waals surface area contributed by atoms with E-state index in [4.69, 9.17) is 4.74 Å². The zero-order chi connectivity index (χ0) is 14.8. The van der Waals surface area contributed by atoms with E-state index in [0.717, 1.165) is 17.8 Å². The SMILES string of the molecule is COc1ccc(Cn2cc(CNC3CC3)c(C)n2)cc1F. The highest BCUT2D eigenvalue weighted by Crippen LogP contribution is 2.20. The van der Waals surface area contributed by atoms with Gasteiger partial charge in [-0.05, 0) is 37.5 Å². The maximum absolute atomic E-state index is 13.7. The number of halogens is 1. The number of hydrogen-bond donors (Lipinski definition) is 1. The van der Waals surface area contributed by atoms with Gasteiger partial charge >= 0.3 is 0 Å². The Labute approximate surface area is 123 Å². The maximum atomic E-state index is 13.7. The third-order valence-corrected chi connectivity index (χ3v) is 3.77. The van der Waals surface area contributed by atoms with E-state index in [2.05, 4.69) is 10.4 Å². The van der Waals surface area contributed by atoms with Gasteiger partial charge in [-0.3, -0.25) is 4.68 Å². The average Bonchev–Trinajstić information content (AvgIpc) is 3.21. The maximum Gasteiger partial charge on any atom is 0.165 e. The van der Waals surface area contributed by atoms with Gasteiger partial charge in [0, 0.05) is 24.3 Å². The van der Waals surface area contributed by atoms with Crippen molar-refractivity contribution >= 4 is 0 Å². The Morgan fingerprint density at radius 2 is 2.24 bits per heavy atom. The van der Waals surface area contributed by atoms with Gasteiger partial charge in [0.1, 0.15) is 0 Å². The molecule has 0 aliphatic heterocycles. The summed E-state index contributed by atoms with van der Waals surface area (Å²) >= 11 is 0. The molecule has 1 saturated carbocycles. The second kappa shape index (κ2) is 5.85. The highest BCUT2D eigenvalue weighted by atomic mass is 19.1. The molecule has 1 aromatic heterocycles. The Hall–Kier alpha value is -1.88. The van der Waals surface area contributed by atoms with Gasteiger partial charge in [0.05, 0.1) is 19.3 Å². The summed E-state index contributed by atoms with van der Waals surface area (Å²) in [6.07, 6.45) is 4.59. The lowest BCUT2D eigenvalue weighted by atomic mass is 10.2. The van der Waals surface area contributed by atoms with Crippen molar-refractivity contribution in [3.8, 4) is 5.75 Å². The molecule has 0 saturated heterocycles. The van der Waals surface area contributed by atoms with Gasteiger partial charge in [0.2, 0.25) is 0 Å². The quantitative estimate of drug-likeness (QED) is 0.888. The van der Waals surface area contributed by atoms with Crippen LogP contribution in [0.2, 0.25) is 0 Å². The fourth-order valence-corrected chi connectivity index (χ4v) is 2.35. The summed E-state index contributed by atoms with van der Waals surface area (Å²) < 4.78 is 20.5. The van der Waals surface area contributed by atoms with E-state index < -0.39 is 0 Å². The van der Waals surface area contributed by atoms with Crippen molar-refractivity contribution in [1.29, 1.82) is 0 Å². The predicted molar refractivity (Wildman–Crippen MR) is 78.9 cm³/mol. The van der Waals surface area contributed by atoms with Gasteiger partial charge in [-0.2, -0.15) is 5.10 Å². The second-order valence-corrected chi connectivity index (χ2v) is 5.56. The van der Waals surface area contributed by atoms with E-state index in [1.165, 1.54) is 31.6 Å². The fourth-order valence-electron chi connectivity index (χ4n) is 2.35. The van der Waals surface area contributed by atoms with Gasteiger partial charge in [-0.15, -0.1) is 0 Å². The minimum atomic E-state index is -0.338. The van der Waals surface area contributed by atoms with E-state index >= 15 is 0 Å². The lowest BCUT2D eigenvalue weighted by molar-refractivity contribution is 0.386. The molecule has 1 aliphatic carbocycles. The fraction of sp³-hybridized carbons (Fsp3) is 0.438. The molecule has 2 aromatic rings. The molecule has 0 spiro atoms. The first-order chi connectivity index (χ1) is 10.2. The molecule has 0 amide bonds. The molecule has 0 bridgehead atoms. The van der Waals surface area contributed by atoms with Crippen LogP contribution in [-0.4, -0.2) is 22.9 Å². The molecule has 5 heteroatoms. The summed E-state index contributed by atoms with van der Waals surface area (Å²) in [5, 5.41) is 7.98. The zero-order valence-electron chi connectivity index (χ0n) is 12.4. The predicted octanol–water partition coefficient (Wildman–Crippen LogP) is 2.64. The van der Waals surface area contributed by atoms with Crippen LogP contribution in [0.5, 0.6) is 5.75 Å². The summed E-state index contributed by atoms with van der Waals surface area (Å²) in [7, 11) is 1.47. The molecule has 0 unspecified atom stereocenters. The van der Waals surface area contributed by atoms with Crippen LogP contribution in [0.4, 0.5) is 4.39 Å². The van der Waals surface area contributed by atoms with E-state index in [1.807, 2.05) is 23.9 Å². The third kappa shape index (κ3) is 3.42. The lowest BCUT2D eigenvalue weighted by Gasteiger charge is -2.05. The van der Waals surface area contributed by atoms with E-state index in [1.54, 1.807) is 6.07 Å². The minimum absolute atomic E-state index is 0.268. The number of aromatic nitrogens is 2. The van der Waals surface area contributed by atoms with Crippen LogP contribution in [0.1, 0.15) is 29.7 Å². The van der Waals surface area contributed by atoms with Gasteiger partial charge in [-0.1, -0.05) is 6.07 Å². The average molecular weight is 289 g/mol. The Morgan fingerprint density at radius 3 is 2.90 bits per heavy atom. The number of ether oxygens (including phenoxy) is 1. The van der Waals surface area contributed by atoms with Crippen LogP contribution in [-0.2, 0) is 13.1 Å². The van der Waals surface area contributed by atoms with Crippen molar-refractivity contribution in [2.45, 2.75) is 38.9 Å². The number of nitrogens with zero attached hydrogens (tertiary/aromatic N) is 2. The van der Waals surface area contributed by atoms with Crippen LogP contribution in [0.3, 0.4) is 0 Å². The van der Waals surface area contributed by atoms with Crippen LogP contribution >= 0.6 is 0 Å². The summed E-state index contributed by atoms with van der Waals surface area (Å²) in [5.41, 5.74) is 3.10. The zero-order valence-corrected chi connectivity index (χ0v) is 12.4. The molecule has 1 N–H and O–H groups in total. The van der Waals surface area contributed by atoms with Gasteiger partial charge < -0.3 is 10.1 Å². The molecule has 4 nitrogen and oxygen atoms in total. The van der Waals surface area contributed by atoms with Crippen LogP contribution in [0.15, 0.2) is 24.4 Å². The minimum Gasteiger partial charge on any atom is -0.494 e. The molecular weight excluding hydrogens is 269 g/mol. The number of aryl methyl sites for hydroxylation is 1. The van der Waals surface area contributed by atoms with Crippen molar-refractivity contribution in [2.24, 2.45) is 0 Å². The van der Waals surface area contributed by atoms with Gasteiger partial charge in [0.25, 0.3) is 0 Å². The Balaban J connectivity index is 1.69. The number of rotatable bonds is 6. The van der Waals surface area contributed by atoms with Crippen molar-refractivity contribution in [2.75, 3.05) is 7.11 Å². The number of nitrogens with one attached hydrogen (secondary N) is 1. The second-order valence-electron chi connectivity index (χ2n) is 5.56. The number of hydrogen-bond acceptors (Lipinski definition) is 3. The van der Waals surface area contributed by atoms with E-state index in [-0.39, 0.29) is 11.6 Å². The number of benzene rings is 1. The van der Waals surface area contributed by atoms with Crippen molar-refractivity contribution < 1.29 is 9.13 Å². The highest BCUT2D eigenvalue weighted by Gasteiger charge is 2.20. The van der Waals surface area contributed by atoms with Crippen molar-refractivity contribution in [3.63, 3.8) is 0 Å². The van der Waals surface area contributed by atoms with Crippen LogP contribution in [0, 0.1) is 12.7 Å². The molecule has 0 atom stereocenters. The van der Waals surface area contributed by atoms with Crippen LogP contribution < -0.4 is 10.1 Å². The summed E-state index contributed by atoms with van der Waals surface area (Å²) in [6.45, 7) is 3.42. The number of methoxy groups -OCH3 is 1. The molecule has 1 fully saturated rings. The lowest BCUT2D eigenvalue weighted by Crippen LogP contribution is -2.15. The summed E-state index contributed by atoms with van der Waals surface area (Å²) in [4.78, 5) is 0. The topological polar surface area (TPSA) is 39.1 Å². The third-order valence-electron chi connectivity index (χ3n) is 3.77. The Kier molecular flexibility index (Phi) is 3.92. The molecule has 1 aromatic carbocycles. The van der Waals surface area contributed by atoms with Crippen molar-refractivity contribution in [3.05, 3.63) is 47.0 Å². The normalized spacial score (nSPS) is 14.4. The Morgan fingerprint density at radius 1 is 1.43 bits per heavy atom. The van der Waals surface area contributed by atoms with Crippen LogP contribution in [0.25, 0.3) is 0 Å². The molecule has 21 heavy (non-hydrogen) atoms. The summed E-state index contributed by atoms with van der Waals surface area (Å²) in [6, 6.07) is 5.69. The Bertz CT molecular complexity index is 634. The summed E-state index contributed by atoms with van der Waals surface area (Å²) in [5.74, 6) is -0.0702. The first-order valence-electron chi connectivity index (χ1n) is 7.24. The molecule has 0 radical (unpaired) electrons. The smallest absolute Gasteiger partial charge is 0.165 e. The molecule has 3 rings (SSSR count). The standard InChI is InChI=1S/C16H20FN3O/c1-11-13(8-18-14-4-5-14)10-20(19-11)9-12-3-6-16(21-2)15(17)7-12/h3,6-7,10,14,18H,4-5,8-9H2,1-2H3. The largest absolute Gasteiger partial charge is 0.494 e. The first kappa shape index (κ1) is 14.1.